The van der Waals surface area contributed by atoms with Crippen molar-refractivity contribution < 1.29 is 42.1 Å². The lowest BCUT2D eigenvalue weighted by molar-refractivity contribution is -0.349. The van der Waals surface area contributed by atoms with Crippen molar-refractivity contribution in [2.45, 2.75) is 37.1 Å². The molecule has 0 aromatic heterocycles. The van der Waals surface area contributed by atoms with Gasteiger partial charge in [0, 0.05) is 7.11 Å². The summed E-state index contributed by atoms with van der Waals surface area (Å²) in [5.74, 6) is -5.48. The summed E-state index contributed by atoms with van der Waals surface area (Å²) in [7, 11) is 1.20. The van der Waals surface area contributed by atoms with Gasteiger partial charge in [0.1, 0.15) is 12.7 Å². The Labute approximate surface area is 212 Å². The zero-order valence-electron chi connectivity index (χ0n) is 20.0. The average Bonchev–Trinajstić information content (AvgIpc) is 2.93. The minimum absolute atomic E-state index is 0.0777. The number of hydrogen-bond donors (Lipinski definition) is 0. The fourth-order valence-corrected chi connectivity index (χ4v) is 3.89. The number of hydrogen-bond acceptors (Lipinski definition) is 7. The summed E-state index contributed by atoms with van der Waals surface area (Å²) in [6.07, 6.45) is -7.09. The smallest absolute Gasteiger partial charge is 0.338 e. The fourth-order valence-electron chi connectivity index (χ4n) is 3.89. The van der Waals surface area contributed by atoms with Crippen LogP contribution in [0.5, 0.6) is 0 Å². The molecular formula is C28H26F2O7. The van der Waals surface area contributed by atoms with Crippen LogP contribution in [0.3, 0.4) is 0 Å². The minimum atomic E-state index is -3.76. The second-order valence-electron chi connectivity index (χ2n) is 8.33. The van der Waals surface area contributed by atoms with Crippen molar-refractivity contribution in [3.8, 4) is 0 Å². The highest BCUT2D eigenvalue weighted by Crippen LogP contribution is 2.39. The highest BCUT2D eigenvalue weighted by molar-refractivity contribution is 5.90. The summed E-state index contributed by atoms with van der Waals surface area (Å²) in [6, 6.07) is 24.5. The van der Waals surface area contributed by atoms with Gasteiger partial charge in [0.25, 0.3) is 0 Å². The predicted molar refractivity (Wildman–Crippen MR) is 128 cm³/mol. The van der Waals surface area contributed by atoms with E-state index in [1.54, 1.807) is 66.7 Å². The van der Waals surface area contributed by atoms with Crippen molar-refractivity contribution in [2.24, 2.45) is 0 Å². The Bertz CT molecular complexity index is 1160. The summed E-state index contributed by atoms with van der Waals surface area (Å²) in [5, 5.41) is 0. The maximum Gasteiger partial charge on any atom is 0.338 e. The largest absolute Gasteiger partial charge is 0.459 e. The molecule has 0 amide bonds. The lowest BCUT2D eigenvalue weighted by Crippen LogP contribution is -2.65. The van der Waals surface area contributed by atoms with Gasteiger partial charge in [-0.1, -0.05) is 66.7 Å². The molecule has 1 fully saturated rings. The number of benzene rings is 3. The van der Waals surface area contributed by atoms with Gasteiger partial charge in [0.2, 0.25) is 0 Å². The highest BCUT2D eigenvalue weighted by atomic mass is 19.3. The maximum absolute atomic E-state index is 15.9. The van der Waals surface area contributed by atoms with Gasteiger partial charge in [-0.05, 0) is 29.8 Å². The molecule has 3 aromatic carbocycles. The van der Waals surface area contributed by atoms with Gasteiger partial charge in [0.05, 0.1) is 17.7 Å². The van der Waals surface area contributed by atoms with Crippen molar-refractivity contribution in [1.82, 2.24) is 0 Å². The van der Waals surface area contributed by atoms with Gasteiger partial charge in [-0.25, -0.2) is 9.59 Å². The van der Waals surface area contributed by atoms with Crippen molar-refractivity contribution in [2.75, 3.05) is 13.7 Å². The third kappa shape index (κ3) is 6.37. The monoisotopic (exact) mass is 512 g/mol. The van der Waals surface area contributed by atoms with Gasteiger partial charge < -0.3 is 23.7 Å². The maximum atomic E-state index is 15.9. The average molecular weight is 513 g/mol. The van der Waals surface area contributed by atoms with E-state index in [0.717, 1.165) is 0 Å². The number of ether oxygens (including phenoxy) is 5. The number of rotatable bonds is 9. The van der Waals surface area contributed by atoms with Gasteiger partial charge in [-0.15, -0.1) is 0 Å². The van der Waals surface area contributed by atoms with Crippen LogP contribution in [0.4, 0.5) is 8.78 Å². The molecule has 0 aliphatic carbocycles. The quantitative estimate of drug-likeness (QED) is 0.386. The van der Waals surface area contributed by atoms with Crippen molar-refractivity contribution in [3.63, 3.8) is 0 Å². The molecule has 1 aliphatic heterocycles. The first kappa shape index (κ1) is 26.4. The normalized spacial score (nSPS) is 22.7. The summed E-state index contributed by atoms with van der Waals surface area (Å²) >= 11 is 0. The molecule has 194 valence electrons. The summed E-state index contributed by atoms with van der Waals surface area (Å²) in [6.45, 7) is -0.765. The molecule has 0 unspecified atom stereocenters. The second kappa shape index (κ2) is 12.1. The van der Waals surface area contributed by atoms with Crippen LogP contribution in [-0.2, 0) is 30.3 Å². The third-order valence-corrected chi connectivity index (χ3v) is 5.79. The number of methoxy groups -OCH3 is 1. The summed E-state index contributed by atoms with van der Waals surface area (Å²) in [4.78, 5) is 25.2. The van der Waals surface area contributed by atoms with Crippen LogP contribution in [0, 0.1) is 0 Å². The Kier molecular flexibility index (Phi) is 8.60. The van der Waals surface area contributed by atoms with E-state index in [4.69, 9.17) is 23.7 Å². The zero-order valence-corrected chi connectivity index (χ0v) is 20.0. The number of carbonyl (C=O) groups is 2. The molecule has 0 bridgehead atoms. The highest BCUT2D eigenvalue weighted by Gasteiger charge is 2.62. The first-order valence-corrected chi connectivity index (χ1v) is 11.6. The molecule has 0 radical (unpaired) electrons. The Balaban J connectivity index is 1.57. The zero-order chi connectivity index (χ0) is 26.3. The van der Waals surface area contributed by atoms with Crippen molar-refractivity contribution in [1.29, 1.82) is 0 Å². The molecule has 4 rings (SSSR count). The predicted octanol–water partition coefficient (Wildman–Crippen LogP) is 4.66. The molecule has 4 atom stereocenters. The third-order valence-electron chi connectivity index (χ3n) is 5.79. The molecule has 0 N–H and O–H groups in total. The second-order valence-corrected chi connectivity index (χ2v) is 8.33. The summed E-state index contributed by atoms with van der Waals surface area (Å²) in [5.41, 5.74) is 0.967. The molecule has 1 saturated heterocycles. The topological polar surface area (TPSA) is 80.3 Å². The molecule has 9 heteroatoms. The molecule has 0 spiro atoms. The van der Waals surface area contributed by atoms with Crippen LogP contribution >= 0.6 is 0 Å². The van der Waals surface area contributed by atoms with Crippen LogP contribution in [0.25, 0.3) is 0 Å². The van der Waals surface area contributed by atoms with Crippen molar-refractivity contribution in [3.05, 3.63) is 108 Å². The minimum Gasteiger partial charge on any atom is -0.459 e. The van der Waals surface area contributed by atoms with Gasteiger partial charge in [-0.2, -0.15) is 8.78 Å². The molecule has 1 heterocycles. The van der Waals surface area contributed by atoms with E-state index in [1.807, 2.05) is 0 Å². The Morgan fingerprint density at radius 2 is 1.35 bits per heavy atom. The SMILES string of the molecule is CO[C@H]1O[C@H](COC(=O)c2ccccc2)[C@@H](OC(=O)c2ccccc2)C(F)(F)[C@H]1OCc1ccccc1. The van der Waals surface area contributed by atoms with Gasteiger partial charge >= 0.3 is 17.9 Å². The lowest BCUT2D eigenvalue weighted by atomic mass is 9.97. The van der Waals surface area contributed by atoms with Crippen LogP contribution in [0.1, 0.15) is 26.3 Å². The van der Waals surface area contributed by atoms with Crippen LogP contribution in [0.2, 0.25) is 0 Å². The van der Waals surface area contributed by atoms with Crippen molar-refractivity contribution >= 4 is 11.9 Å². The fraction of sp³-hybridized carbons (Fsp3) is 0.286. The standard InChI is InChI=1S/C28H26F2O7/c1-33-27-24(34-17-19-11-5-2-6-12-19)28(29,30)23(37-26(32)21-15-9-4-10-16-21)22(36-27)18-35-25(31)20-13-7-3-8-14-20/h2-16,22-24,27H,17-18H2,1H3/t22-,23-,24+,27+/m1/s1. The van der Waals surface area contributed by atoms with Crippen LogP contribution in [-0.4, -0.2) is 56.2 Å². The molecular weight excluding hydrogens is 486 g/mol. The molecule has 7 nitrogen and oxygen atoms in total. The van der Waals surface area contributed by atoms with Gasteiger partial charge in [0.15, 0.2) is 18.5 Å². The van der Waals surface area contributed by atoms with Crippen LogP contribution < -0.4 is 0 Å². The molecule has 37 heavy (non-hydrogen) atoms. The summed E-state index contributed by atoms with van der Waals surface area (Å²) < 4.78 is 58.9. The first-order chi connectivity index (χ1) is 17.9. The lowest BCUT2D eigenvalue weighted by Gasteiger charge is -2.44. The van der Waals surface area contributed by atoms with E-state index in [2.05, 4.69) is 0 Å². The van der Waals surface area contributed by atoms with E-state index in [-0.39, 0.29) is 17.7 Å². The van der Waals surface area contributed by atoms with E-state index >= 15 is 8.78 Å². The number of carbonyl (C=O) groups excluding carboxylic acids is 2. The Morgan fingerprint density at radius 3 is 1.92 bits per heavy atom. The number of esters is 2. The number of alkyl halides is 2. The molecule has 3 aromatic rings. The van der Waals surface area contributed by atoms with E-state index in [0.29, 0.717) is 5.56 Å². The molecule has 0 saturated carbocycles. The van der Waals surface area contributed by atoms with Gasteiger partial charge in [-0.3, -0.25) is 0 Å². The molecule has 1 aliphatic rings. The number of halogens is 2. The van der Waals surface area contributed by atoms with E-state index in [1.165, 1.54) is 31.4 Å². The van der Waals surface area contributed by atoms with E-state index < -0.39 is 49.1 Å². The Hall–Kier alpha value is -3.66. The van der Waals surface area contributed by atoms with Crippen LogP contribution in [0.15, 0.2) is 91.0 Å². The van der Waals surface area contributed by atoms with E-state index in [9.17, 15) is 9.59 Å². The first-order valence-electron chi connectivity index (χ1n) is 11.6. The Morgan fingerprint density at radius 1 is 0.811 bits per heavy atom.